The van der Waals surface area contributed by atoms with Gasteiger partial charge in [-0.3, -0.25) is 14.5 Å². The van der Waals surface area contributed by atoms with Gasteiger partial charge < -0.3 is 19.3 Å². The van der Waals surface area contributed by atoms with E-state index in [1.165, 1.54) is 0 Å². The van der Waals surface area contributed by atoms with E-state index in [0.717, 1.165) is 50.3 Å². The molecule has 0 radical (unpaired) electrons. The fraction of sp³-hybridized carbons (Fsp3) is 0.619. The fourth-order valence-electron chi connectivity index (χ4n) is 4.24. The van der Waals surface area contributed by atoms with E-state index in [1.807, 2.05) is 29.2 Å². The maximum atomic E-state index is 12.7. The first-order valence-electron chi connectivity index (χ1n) is 10.2. The molecule has 152 valence electrons. The number of hydrogen-bond donors (Lipinski definition) is 0. The van der Waals surface area contributed by atoms with Crippen LogP contribution in [0, 0.1) is 0 Å². The molecule has 1 aromatic rings. The molecule has 0 aromatic heterocycles. The molecule has 0 atom stereocenters. The van der Waals surface area contributed by atoms with Gasteiger partial charge in [0.25, 0.3) is 0 Å². The number of carbonyl (C=O) groups is 2. The molecule has 3 saturated heterocycles. The number of Topliss-reactive ketones (excluding diaryl/α,β-unsaturated/α-hetero) is 1. The Morgan fingerprint density at radius 2 is 1.54 bits per heavy atom. The van der Waals surface area contributed by atoms with Crippen molar-refractivity contribution in [2.75, 3.05) is 63.9 Å². The second kappa shape index (κ2) is 8.19. The molecule has 3 aliphatic heterocycles. The molecule has 1 spiro atoms. The van der Waals surface area contributed by atoms with Crippen LogP contribution in [-0.4, -0.2) is 86.3 Å². The summed E-state index contributed by atoms with van der Waals surface area (Å²) in [7, 11) is 0. The third-order valence-electron chi connectivity index (χ3n) is 6.06. The lowest BCUT2D eigenvalue weighted by molar-refractivity contribution is -0.187. The molecule has 0 aliphatic carbocycles. The zero-order valence-corrected chi connectivity index (χ0v) is 16.6. The van der Waals surface area contributed by atoms with Crippen LogP contribution in [0.5, 0.6) is 0 Å². The smallest absolute Gasteiger partial charge is 0.236 e. The summed E-state index contributed by atoms with van der Waals surface area (Å²) in [5, 5.41) is 0. The molecule has 28 heavy (non-hydrogen) atoms. The van der Waals surface area contributed by atoms with Crippen LogP contribution in [0.2, 0.25) is 0 Å². The molecule has 7 heteroatoms. The minimum absolute atomic E-state index is 0.0876. The minimum Gasteiger partial charge on any atom is -0.369 e. The average molecular weight is 387 g/mol. The van der Waals surface area contributed by atoms with Crippen LogP contribution < -0.4 is 4.90 Å². The number of rotatable bonds is 4. The Kier molecular flexibility index (Phi) is 5.66. The maximum Gasteiger partial charge on any atom is 0.236 e. The average Bonchev–Trinajstić information content (AvgIpc) is 3.17. The Morgan fingerprint density at radius 1 is 0.929 bits per heavy atom. The molecule has 3 heterocycles. The van der Waals surface area contributed by atoms with E-state index in [1.54, 1.807) is 6.92 Å². The Balaban J connectivity index is 1.23. The maximum absolute atomic E-state index is 12.7. The number of hydrogen-bond acceptors (Lipinski definition) is 6. The molecular formula is C21H29N3O4. The summed E-state index contributed by atoms with van der Waals surface area (Å²) in [5.41, 5.74) is 1.87. The Morgan fingerprint density at radius 3 is 2.11 bits per heavy atom. The number of piperazine rings is 1. The summed E-state index contributed by atoms with van der Waals surface area (Å²) in [5.74, 6) is -0.142. The largest absolute Gasteiger partial charge is 0.369 e. The van der Waals surface area contributed by atoms with Crippen LogP contribution in [0.1, 0.15) is 30.1 Å². The number of amides is 1. The van der Waals surface area contributed by atoms with Crippen molar-refractivity contribution in [3.8, 4) is 0 Å². The molecular weight excluding hydrogens is 358 g/mol. The van der Waals surface area contributed by atoms with Gasteiger partial charge in [0.1, 0.15) is 0 Å². The van der Waals surface area contributed by atoms with Crippen LogP contribution in [0.4, 0.5) is 5.69 Å². The van der Waals surface area contributed by atoms with Gasteiger partial charge in [-0.15, -0.1) is 0 Å². The minimum atomic E-state index is -0.430. The highest BCUT2D eigenvalue weighted by Gasteiger charge is 2.40. The standard InChI is InChI=1S/C21H29N3O4/c1-17(25)18-2-4-19(5-3-18)23-12-10-22(11-13-23)16-20(26)24-8-6-21(7-9-24)27-14-15-28-21/h2-5H,6-16H2,1H3. The molecule has 0 unspecified atom stereocenters. The van der Waals surface area contributed by atoms with Gasteiger partial charge >= 0.3 is 0 Å². The van der Waals surface area contributed by atoms with Crippen molar-refractivity contribution in [1.82, 2.24) is 9.80 Å². The third kappa shape index (κ3) is 4.21. The SMILES string of the molecule is CC(=O)c1ccc(N2CCN(CC(=O)N3CCC4(CC3)OCCO4)CC2)cc1. The van der Waals surface area contributed by atoms with Gasteiger partial charge in [-0.05, 0) is 31.2 Å². The highest BCUT2D eigenvalue weighted by atomic mass is 16.7. The van der Waals surface area contributed by atoms with Crippen LogP contribution in [0.25, 0.3) is 0 Å². The van der Waals surface area contributed by atoms with Gasteiger partial charge in [0.2, 0.25) is 5.91 Å². The Hall–Kier alpha value is -1.96. The quantitative estimate of drug-likeness (QED) is 0.728. The number of ether oxygens (including phenoxy) is 2. The zero-order chi connectivity index (χ0) is 19.6. The van der Waals surface area contributed by atoms with E-state index < -0.39 is 5.79 Å². The van der Waals surface area contributed by atoms with Crippen molar-refractivity contribution in [2.45, 2.75) is 25.6 Å². The van der Waals surface area contributed by atoms with Gasteiger partial charge in [0, 0.05) is 63.4 Å². The predicted molar refractivity (Wildman–Crippen MR) is 106 cm³/mol. The van der Waals surface area contributed by atoms with Crippen molar-refractivity contribution in [3.05, 3.63) is 29.8 Å². The van der Waals surface area contributed by atoms with E-state index >= 15 is 0 Å². The topological polar surface area (TPSA) is 62.3 Å². The number of anilines is 1. The van der Waals surface area contributed by atoms with E-state index in [2.05, 4.69) is 9.80 Å². The molecule has 1 aromatic carbocycles. The molecule has 0 N–H and O–H groups in total. The number of ketones is 1. The van der Waals surface area contributed by atoms with E-state index in [4.69, 9.17) is 9.47 Å². The Bertz CT molecular complexity index is 697. The Labute approximate surface area is 166 Å². The van der Waals surface area contributed by atoms with Gasteiger partial charge in [-0.2, -0.15) is 0 Å². The number of nitrogens with zero attached hydrogens (tertiary/aromatic N) is 3. The third-order valence-corrected chi connectivity index (χ3v) is 6.06. The number of likely N-dealkylation sites (tertiary alicyclic amines) is 1. The second-order valence-corrected chi connectivity index (χ2v) is 7.85. The van der Waals surface area contributed by atoms with Gasteiger partial charge in [0.15, 0.2) is 11.6 Å². The van der Waals surface area contributed by atoms with Crippen LogP contribution in [0.3, 0.4) is 0 Å². The van der Waals surface area contributed by atoms with Gasteiger partial charge in [-0.1, -0.05) is 0 Å². The van der Waals surface area contributed by atoms with Crippen molar-refractivity contribution in [3.63, 3.8) is 0 Å². The first kappa shape index (κ1) is 19.4. The van der Waals surface area contributed by atoms with E-state index in [9.17, 15) is 9.59 Å². The summed E-state index contributed by atoms with van der Waals surface area (Å²) in [6.07, 6.45) is 1.53. The normalized spacial score (nSPS) is 22.6. The van der Waals surface area contributed by atoms with E-state index in [-0.39, 0.29) is 11.7 Å². The van der Waals surface area contributed by atoms with Crippen LogP contribution in [0.15, 0.2) is 24.3 Å². The van der Waals surface area contributed by atoms with Crippen molar-refractivity contribution in [1.29, 1.82) is 0 Å². The summed E-state index contributed by atoms with van der Waals surface area (Å²) >= 11 is 0. The molecule has 0 bridgehead atoms. The van der Waals surface area contributed by atoms with E-state index in [0.29, 0.717) is 32.8 Å². The second-order valence-electron chi connectivity index (χ2n) is 7.85. The van der Waals surface area contributed by atoms with Crippen molar-refractivity contribution in [2.24, 2.45) is 0 Å². The first-order chi connectivity index (χ1) is 13.5. The lowest BCUT2D eigenvalue weighted by Crippen LogP contribution is -2.53. The van der Waals surface area contributed by atoms with Gasteiger partial charge in [-0.25, -0.2) is 0 Å². The monoisotopic (exact) mass is 387 g/mol. The van der Waals surface area contributed by atoms with Crippen LogP contribution >= 0.6 is 0 Å². The highest BCUT2D eigenvalue weighted by Crippen LogP contribution is 2.31. The summed E-state index contributed by atoms with van der Waals surface area (Å²) in [6.45, 7) is 8.31. The fourth-order valence-corrected chi connectivity index (χ4v) is 4.24. The lowest BCUT2D eigenvalue weighted by Gasteiger charge is -2.39. The van der Waals surface area contributed by atoms with Crippen LogP contribution in [-0.2, 0) is 14.3 Å². The molecule has 3 aliphatic rings. The summed E-state index contributed by atoms with van der Waals surface area (Å²) in [6, 6.07) is 7.78. The molecule has 0 saturated carbocycles. The molecule has 3 fully saturated rings. The lowest BCUT2D eigenvalue weighted by atomic mass is 10.0. The predicted octanol–water partition coefficient (Wildman–Crippen LogP) is 1.38. The number of benzene rings is 1. The summed E-state index contributed by atoms with van der Waals surface area (Å²) < 4.78 is 11.5. The highest BCUT2D eigenvalue weighted by molar-refractivity contribution is 5.94. The van der Waals surface area contributed by atoms with Gasteiger partial charge in [0.05, 0.1) is 19.8 Å². The molecule has 1 amide bonds. The number of piperidine rings is 1. The molecule has 7 nitrogen and oxygen atoms in total. The first-order valence-corrected chi connectivity index (χ1v) is 10.2. The van der Waals surface area contributed by atoms with Crippen molar-refractivity contribution >= 4 is 17.4 Å². The molecule has 4 rings (SSSR count). The zero-order valence-electron chi connectivity index (χ0n) is 16.6. The van der Waals surface area contributed by atoms with Crippen molar-refractivity contribution < 1.29 is 19.1 Å². The summed E-state index contributed by atoms with van der Waals surface area (Å²) in [4.78, 5) is 30.6. The number of carbonyl (C=O) groups excluding carboxylic acids is 2.